The van der Waals surface area contributed by atoms with E-state index in [2.05, 4.69) is 10.1 Å². The van der Waals surface area contributed by atoms with Gasteiger partial charge in [-0.05, 0) is 36.6 Å². The van der Waals surface area contributed by atoms with Crippen molar-refractivity contribution in [3.05, 3.63) is 73.2 Å². The van der Waals surface area contributed by atoms with Crippen molar-refractivity contribution >= 4 is 40.8 Å². The summed E-state index contributed by atoms with van der Waals surface area (Å²) in [6.45, 7) is 1.23. The molecule has 1 aliphatic rings. The van der Waals surface area contributed by atoms with Gasteiger partial charge < -0.3 is 14.8 Å². The molecular formula is C21H20Cl2N2O6. The number of ether oxygens (including phenoxy) is 2. The first-order valence-corrected chi connectivity index (χ1v) is 10.2. The van der Waals surface area contributed by atoms with Gasteiger partial charge in [0.2, 0.25) is 0 Å². The molecule has 3 rings (SSSR count). The average Bonchev–Trinajstić information content (AvgIpc) is 2.77. The molecule has 2 aromatic rings. The Morgan fingerprint density at radius 1 is 1.16 bits per heavy atom. The van der Waals surface area contributed by atoms with Gasteiger partial charge in [-0.1, -0.05) is 29.3 Å². The summed E-state index contributed by atoms with van der Waals surface area (Å²) in [7, 11) is 1.16. The summed E-state index contributed by atoms with van der Waals surface area (Å²) in [4.78, 5) is 35.3. The minimum absolute atomic E-state index is 0.0148. The zero-order valence-electron chi connectivity index (χ0n) is 16.7. The molecule has 1 saturated heterocycles. The van der Waals surface area contributed by atoms with Crippen LogP contribution in [-0.2, 0) is 14.9 Å². The third kappa shape index (κ3) is 5.15. The van der Waals surface area contributed by atoms with Gasteiger partial charge in [0.25, 0.3) is 11.6 Å². The van der Waals surface area contributed by atoms with Gasteiger partial charge in [-0.2, -0.15) is 0 Å². The zero-order chi connectivity index (χ0) is 22.6. The van der Waals surface area contributed by atoms with Gasteiger partial charge in [0.1, 0.15) is 0 Å². The minimum Gasteiger partial charge on any atom is -0.465 e. The van der Waals surface area contributed by atoms with Crippen LogP contribution in [0.15, 0.2) is 36.4 Å². The van der Waals surface area contributed by atoms with Crippen molar-refractivity contribution in [3.8, 4) is 0 Å². The standard InChI is InChI=1S/C21H20Cl2N2O6/c1-30-20(27)14-8-13(9-16(10-14)25(28)29)19(26)24-12-21(4-6-31-7-5-21)17-3-2-15(22)11-18(17)23/h2-3,8-11H,4-7,12H2,1H3,(H,24,26). The first-order valence-electron chi connectivity index (χ1n) is 9.45. The summed E-state index contributed by atoms with van der Waals surface area (Å²) in [5.74, 6) is -1.32. The molecule has 1 aliphatic heterocycles. The van der Waals surface area contributed by atoms with Gasteiger partial charge in [0, 0.05) is 52.9 Å². The van der Waals surface area contributed by atoms with Crippen LogP contribution in [0.3, 0.4) is 0 Å². The van der Waals surface area contributed by atoms with Crippen LogP contribution in [0.4, 0.5) is 5.69 Å². The number of hydrogen-bond donors (Lipinski definition) is 1. The Balaban J connectivity index is 1.89. The maximum absolute atomic E-state index is 12.9. The molecule has 1 amide bonds. The number of non-ortho nitro benzene ring substituents is 1. The summed E-state index contributed by atoms with van der Waals surface area (Å²) in [6, 6.07) is 8.68. The summed E-state index contributed by atoms with van der Waals surface area (Å²) in [5.41, 5.74) is -0.116. The molecule has 0 unspecified atom stereocenters. The lowest BCUT2D eigenvalue weighted by molar-refractivity contribution is -0.384. The molecule has 0 aliphatic carbocycles. The highest BCUT2D eigenvalue weighted by molar-refractivity contribution is 6.35. The molecule has 2 aromatic carbocycles. The van der Waals surface area contributed by atoms with Crippen molar-refractivity contribution in [3.63, 3.8) is 0 Å². The second kappa shape index (κ2) is 9.64. The number of rotatable bonds is 6. The first kappa shape index (κ1) is 23.0. The average molecular weight is 467 g/mol. The number of nitrogens with one attached hydrogen (secondary N) is 1. The molecule has 0 aromatic heterocycles. The van der Waals surface area contributed by atoms with Gasteiger partial charge in [-0.15, -0.1) is 0 Å². The number of nitro benzene ring substituents is 1. The SMILES string of the molecule is COC(=O)c1cc(C(=O)NCC2(c3ccc(Cl)cc3Cl)CCOCC2)cc([N+](=O)[O-])c1. The normalized spacial score (nSPS) is 15.2. The highest BCUT2D eigenvalue weighted by Crippen LogP contribution is 2.39. The van der Waals surface area contributed by atoms with Gasteiger partial charge >= 0.3 is 5.97 Å². The molecule has 0 saturated carbocycles. The van der Waals surface area contributed by atoms with Gasteiger partial charge in [-0.3, -0.25) is 14.9 Å². The Kier molecular flexibility index (Phi) is 7.15. The van der Waals surface area contributed by atoms with Gasteiger partial charge in [0.05, 0.1) is 17.6 Å². The van der Waals surface area contributed by atoms with E-state index in [0.29, 0.717) is 36.1 Å². The third-order valence-corrected chi connectivity index (χ3v) is 5.90. The summed E-state index contributed by atoms with van der Waals surface area (Å²) in [6.07, 6.45) is 1.24. The van der Waals surface area contributed by atoms with E-state index in [1.165, 1.54) is 6.07 Å². The predicted octanol–water partition coefficient (Wildman–Crippen LogP) is 4.17. The maximum atomic E-state index is 12.9. The van der Waals surface area contributed by atoms with Crippen LogP contribution in [-0.4, -0.2) is 43.7 Å². The summed E-state index contributed by atoms with van der Waals surface area (Å²) >= 11 is 12.5. The lowest BCUT2D eigenvalue weighted by Crippen LogP contribution is -2.44. The van der Waals surface area contributed by atoms with E-state index in [9.17, 15) is 19.7 Å². The number of nitro groups is 1. The monoisotopic (exact) mass is 466 g/mol. The van der Waals surface area contributed by atoms with Crippen LogP contribution in [0.2, 0.25) is 10.0 Å². The molecule has 164 valence electrons. The molecule has 0 atom stereocenters. The zero-order valence-corrected chi connectivity index (χ0v) is 18.2. The lowest BCUT2D eigenvalue weighted by atomic mass is 9.74. The van der Waals surface area contributed by atoms with Crippen molar-refractivity contribution in [2.75, 3.05) is 26.9 Å². The number of carbonyl (C=O) groups is 2. The number of nitrogens with zero attached hydrogens (tertiary/aromatic N) is 1. The molecular weight excluding hydrogens is 447 g/mol. The van der Waals surface area contributed by atoms with E-state index in [-0.39, 0.29) is 23.4 Å². The number of halogens is 2. The fourth-order valence-electron chi connectivity index (χ4n) is 3.66. The van der Waals surface area contributed by atoms with Crippen molar-refractivity contribution in [2.45, 2.75) is 18.3 Å². The number of benzene rings is 2. The highest BCUT2D eigenvalue weighted by Gasteiger charge is 2.36. The summed E-state index contributed by atoms with van der Waals surface area (Å²) in [5, 5.41) is 15.1. The third-order valence-electron chi connectivity index (χ3n) is 5.35. The van der Waals surface area contributed by atoms with Crippen LogP contribution in [0.1, 0.15) is 39.1 Å². The molecule has 1 fully saturated rings. The molecule has 0 radical (unpaired) electrons. The Hall–Kier alpha value is -2.68. The smallest absolute Gasteiger partial charge is 0.338 e. The molecule has 31 heavy (non-hydrogen) atoms. The van der Waals surface area contributed by atoms with E-state index >= 15 is 0 Å². The first-order chi connectivity index (χ1) is 14.8. The minimum atomic E-state index is -0.772. The molecule has 0 spiro atoms. The predicted molar refractivity (Wildman–Crippen MR) is 115 cm³/mol. The van der Waals surface area contributed by atoms with Crippen LogP contribution < -0.4 is 5.32 Å². The fraction of sp³-hybridized carbons (Fsp3) is 0.333. The Labute approximate surface area is 188 Å². The van der Waals surface area contributed by atoms with Gasteiger partial charge in [0.15, 0.2) is 0 Å². The largest absolute Gasteiger partial charge is 0.465 e. The molecule has 0 bridgehead atoms. The Morgan fingerprint density at radius 3 is 2.45 bits per heavy atom. The van der Waals surface area contributed by atoms with Crippen LogP contribution >= 0.6 is 23.2 Å². The number of methoxy groups -OCH3 is 1. The van der Waals surface area contributed by atoms with Crippen molar-refractivity contribution in [1.29, 1.82) is 0 Å². The maximum Gasteiger partial charge on any atom is 0.338 e. The molecule has 10 heteroatoms. The molecule has 8 nitrogen and oxygen atoms in total. The highest BCUT2D eigenvalue weighted by atomic mass is 35.5. The Bertz CT molecular complexity index is 1020. The number of carbonyl (C=O) groups excluding carboxylic acids is 2. The number of esters is 1. The van der Waals surface area contributed by atoms with E-state index < -0.39 is 22.2 Å². The van der Waals surface area contributed by atoms with Crippen molar-refractivity contribution < 1.29 is 24.0 Å². The Morgan fingerprint density at radius 2 is 1.84 bits per heavy atom. The quantitative estimate of drug-likeness (QED) is 0.388. The van der Waals surface area contributed by atoms with Crippen LogP contribution in [0, 0.1) is 10.1 Å². The second-order valence-corrected chi connectivity index (χ2v) is 8.06. The van der Waals surface area contributed by atoms with E-state index in [1.54, 1.807) is 12.1 Å². The van der Waals surface area contributed by atoms with Crippen molar-refractivity contribution in [2.24, 2.45) is 0 Å². The van der Waals surface area contributed by atoms with Gasteiger partial charge in [-0.25, -0.2) is 4.79 Å². The second-order valence-electron chi connectivity index (χ2n) is 7.22. The van der Waals surface area contributed by atoms with E-state index in [0.717, 1.165) is 24.8 Å². The number of amides is 1. The van der Waals surface area contributed by atoms with Crippen LogP contribution in [0.25, 0.3) is 0 Å². The molecule has 1 N–H and O–H groups in total. The summed E-state index contributed by atoms with van der Waals surface area (Å²) < 4.78 is 10.1. The van der Waals surface area contributed by atoms with Crippen molar-refractivity contribution in [1.82, 2.24) is 5.32 Å². The van der Waals surface area contributed by atoms with Crippen LogP contribution in [0.5, 0.6) is 0 Å². The topological polar surface area (TPSA) is 108 Å². The van der Waals surface area contributed by atoms with E-state index in [1.807, 2.05) is 6.07 Å². The lowest BCUT2D eigenvalue weighted by Gasteiger charge is -2.38. The molecule has 1 heterocycles. The number of hydrogen-bond acceptors (Lipinski definition) is 6. The fourth-order valence-corrected chi connectivity index (χ4v) is 4.27. The van der Waals surface area contributed by atoms with E-state index in [4.69, 9.17) is 27.9 Å².